The van der Waals surface area contributed by atoms with Crippen LogP contribution in [0.1, 0.15) is 31.4 Å². The van der Waals surface area contributed by atoms with Crippen molar-refractivity contribution in [2.45, 2.75) is 38.6 Å². The molecule has 1 saturated carbocycles. The second kappa shape index (κ2) is 4.51. The zero-order chi connectivity index (χ0) is 10.7. The van der Waals surface area contributed by atoms with Gasteiger partial charge in [0.15, 0.2) is 5.75 Å². The molecule has 1 N–H and O–H groups in total. The smallest absolute Gasteiger partial charge is 0.160 e. The molecule has 3 nitrogen and oxygen atoms in total. The van der Waals surface area contributed by atoms with Crippen LogP contribution in [0.2, 0.25) is 0 Å². The van der Waals surface area contributed by atoms with Crippen LogP contribution in [0.3, 0.4) is 0 Å². The predicted octanol–water partition coefficient (Wildman–Crippen LogP) is 2.75. The summed E-state index contributed by atoms with van der Waals surface area (Å²) in [4.78, 5) is 4.22. The van der Waals surface area contributed by atoms with Crippen molar-refractivity contribution in [1.29, 1.82) is 0 Å². The zero-order valence-corrected chi connectivity index (χ0v) is 9.42. The molecule has 1 aliphatic carbocycles. The fourth-order valence-corrected chi connectivity index (χ4v) is 2.11. The first-order chi connectivity index (χ1) is 7.29. The average Bonchev–Trinajstić information content (AvgIpc) is 2.71. The van der Waals surface area contributed by atoms with Crippen LogP contribution in [0.4, 0.5) is 5.69 Å². The van der Waals surface area contributed by atoms with Crippen molar-refractivity contribution in [2.24, 2.45) is 0 Å². The maximum absolute atomic E-state index is 5.29. The van der Waals surface area contributed by atoms with Gasteiger partial charge in [-0.1, -0.05) is 12.8 Å². The van der Waals surface area contributed by atoms with Crippen molar-refractivity contribution >= 4 is 5.69 Å². The van der Waals surface area contributed by atoms with Crippen LogP contribution in [0.25, 0.3) is 0 Å². The van der Waals surface area contributed by atoms with Gasteiger partial charge in [0.1, 0.15) is 0 Å². The summed E-state index contributed by atoms with van der Waals surface area (Å²) in [5, 5.41) is 3.54. The lowest BCUT2D eigenvalue weighted by Gasteiger charge is -2.16. The van der Waals surface area contributed by atoms with E-state index in [1.807, 2.05) is 6.92 Å². The Labute approximate surface area is 90.9 Å². The second-order valence-corrected chi connectivity index (χ2v) is 4.15. The summed E-state index contributed by atoms with van der Waals surface area (Å²) in [7, 11) is 1.69. The monoisotopic (exact) mass is 206 g/mol. The fraction of sp³-hybridized carbons (Fsp3) is 0.583. The van der Waals surface area contributed by atoms with Gasteiger partial charge in [-0.05, 0) is 25.8 Å². The van der Waals surface area contributed by atoms with Crippen molar-refractivity contribution in [2.75, 3.05) is 12.4 Å². The normalized spacial score (nSPS) is 16.7. The standard InChI is InChI=1S/C12H18N2O/c1-9-7-11(12(15-2)8-13-9)14-10-5-3-4-6-10/h7-8,10H,3-6H2,1-2H3,(H,13,14). The van der Waals surface area contributed by atoms with E-state index in [0.29, 0.717) is 6.04 Å². The Morgan fingerprint density at radius 1 is 1.40 bits per heavy atom. The third-order valence-corrected chi connectivity index (χ3v) is 2.94. The van der Waals surface area contributed by atoms with E-state index in [2.05, 4.69) is 16.4 Å². The lowest BCUT2D eigenvalue weighted by molar-refractivity contribution is 0.414. The Bertz CT molecular complexity index is 332. The number of methoxy groups -OCH3 is 1. The third kappa shape index (κ3) is 2.41. The number of nitrogens with zero attached hydrogens (tertiary/aromatic N) is 1. The van der Waals surface area contributed by atoms with Gasteiger partial charge < -0.3 is 10.1 Å². The molecule has 1 heterocycles. The van der Waals surface area contributed by atoms with Crippen molar-refractivity contribution < 1.29 is 4.74 Å². The summed E-state index contributed by atoms with van der Waals surface area (Å²) in [6, 6.07) is 2.66. The minimum Gasteiger partial charge on any atom is -0.493 e. The molecule has 0 atom stereocenters. The predicted molar refractivity (Wildman–Crippen MR) is 61.4 cm³/mol. The van der Waals surface area contributed by atoms with Gasteiger partial charge in [-0.3, -0.25) is 4.98 Å². The Kier molecular flexibility index (Phi) is 3.09. The van der Waals surface area contributed by atoms with Gasteiger partial charge in [-0.25, -0.2) is 0 Å². The molecule has 0 aliphatic heterocycles. The SMILES string of the molecule is COc1cnc(C)cc1NC1CCCC1. The molecule has 0 unspecified atom stereocenters. The molecular formula is C12H18N2O. The third-order valence-electron chi connectivity index (χ3n) is 2.94. The molecule has 0 bridgehead atoms. The highest BCUT2D eigenvalue weighted by molar-refractivity contribution is 5.56. The molecule has 82 valence electrons. The Balaban J connectivity index is 2.14. The van der Waals surface area contributed by atoms with E-state index in [0.717, 1.165) is 17.1 Å². The molecule has 0 radical (unpaired) electrons. The van der Waals surface area contributed by atoms with E-state index in [1.165, 1.54) is 25.7 Å². The van der Waals surface area contributed by atoms with Gasteiger partial charge in [-0.15, -0.1) is 0 Å². The summed E-state index contributed by atoms with van der Waals surface area (Å²) in [5.74, 6) is 0.840. The van der Waals surface area contributed by atoms with Gasteiger partial charge in [-0.2, -0.15) is 0 Å². The first-order valence-electron chi connectivity index (χ1n) is 5.57. The van der Waals surface area contributed by atoms with E-state index in [-0.39, 0.29) is 0 Å². The van der Waals surface area contributed by atoms with Gasteiger partial charge in [0, 0.05) is 11.7 Å². The van der Waals surface area contributed by atoms with Crippen LogP contribution < -0.4 is 10.1 Å². The van der Waals surface area contributed by atoms with Gasteiger partial charge in [0.2, 0.25) is 0 Å². The van der Waals surface area contributed by atoms with E-state index in [9.17, 15) is 0 Å². The summed E-state index contributed by atoms with van der Waals surface area (Å²) < 4.78 is 5.29. The topological polar surface area (TPSA) is 34.1 Å². The number of ether oxygens (including phenoxy) is 1. The Morgan fingerprint density at radius 2 is 2.13 bits per heavy atom. The zero-order valence-electron chi connectivity index (χ0n) is 9.42. The summed E-state index contributed by atoms with van der Waals surface area (Å²) in [6.45, 7) is 2.00. The molecule has 1 aliphatic rings. The van der Waals surface area contributed by atoms with E-state index >= 15 is 0 Å². The van der Waals surface area contributed by atoms with E-state index < -0.39 is 0 Å². The molecule has 1 aromatic rings. The number of hydrogen-bond donors (Lipinski definition) is 1. The van der Waals surface area contributed by atoms with Crippen LogP contribution in [-0.2, 0) is 0 Å². The van der Waals surface area contributed by atoms with Crippen molar-refractivity contribution in [3.8, 4) is 5.75 Å². The van der Waals surface area contributed by atoms with Crippen LogP contribution in [0.15, 0.2) is 12.3 Å². The Hall–Kier alpha value is -1.25. The van der Waals surface area contributed by atoms with Gasteiger partial charge in [0.25, 0.3) is 0 Å². The molecule has 0 amide bonds. The number of rotatable bonds is 3. The molecule has 0 spiro atoms. The van der Waals surface area contributed by atoms with E-state index in [4.69, 9.17) is 4.74 Å². The van der Waals surface area contributed by atoms with Crippen LogP contribution in [0, 0.1) is 6.92 Å². The van der Waals surface area contributed by atoms with Gasteiger partial charge in [0.05, 0.1) is 19.0 Å². The molecule has 1 aromatic heterocycles. The Morgan fingerprint density at radius 3 is 2.80 bits per heavy atom. The summed E-state index contributed by atoms with van der Waals surface area (Å²) >= 11 is 0. The maximum Gasteiger partial charge on any atom is 0.160 e. The molecule has 1 fully saturated rings. The first-order valence-corrected chi connectivity index (χ1v) is 5.57. The molecule has 0 saturated heterocycles. The van der Waals surface area contributed by atoms with Crippen LogP contribution in [0.5, 0.6) is 5.75 Å². The fourth-order valence-electron chi connectivity index (χ4n) is 2.11. The lowest BCUT2D eigenvalue weighted by Crippen LogP contribution is -2.15. The molecule has 0 aromatic carbocycles. The maximum atomic E-state index is 5.29. The van der Waals surface area contributed by atoms with Crippen LogP contribution >= 0.6 is 0 Å². The molecule has 2 rings (SSSR count). The highest BCUT2D eigenvalue weighted by Crippen LogP contribution is 2.28. The quantitative estimate of drug-likeness (QED) is 0.825. The van der Waals surface area contributed by atoms with Crippen LogP contribution in [-0.4, -0.2) is 18.1 Å². The molecule has 3 heteroatoms. The average molecular weight is 206 g/mol. The second-order valence-electron chi connectivity index (χ2n) is 4.15. The first kappa shape index (κ1) is 10.3. The van der Waals surface area contributed by atoms with Gasteiger partial charge >= 0.3 is 0 Å². The van der Waals surface area contributed by atoms with Crippen molar-refractivity contribution in [1.82, 2.24) is 4.98 Å². The number of aryl methyl sites for hydroxylation is 1. The number of aromatic nitrogens is 1. The highest BCUT2D eigenvalue weighted by atomic mass is 16.5. The number of anilines is 1. The minimum absolute atomic E-state index is 0.612. The highest BCUT2D eigenvalue weighted by Gasteiger charge is 2.16. The largest absolute Gasteiger partial charge is 0.493 e. The summed E-state index contributed by atoms with van der Waals surface area (Å²) in [5.41, 5.74) is 2.10. The summed E-state index contributed by atoms with van der Waals surface area (Å²) in [6.07, 6.45) is 7.00. The van der Waals surface area contributed by atoms with Crippen molar-refractivity contribution in [3.63, 3.8) is 0 Å². The minimum atomic E-state index is 0.612. The van der Waals surface area contributed by atoms with Crippen molar-refractivity contribution in [3.05, 3.63) is 18.0 Å². The number of hydrogen-bond acceptors (Lipinski definition) is 3. The molecule has 15 heavy (non-hydrogen) atoms. The molecular weight excluding hydrogens is 188 g/mol. The lowest BCUT2D eigenvalue weighted by atomic mass is 10.2. The number of nitrogens with one attached hydrogen (secondary N) is 1. The van der Waals surface area contributed by atoms with E-state index in [1.54, 1.807) is 13.3 Å². The number of pyridine rings is 1.